The lowest BCUT2D eigenvalue weighted by molar-refractivity contribution is -0.133. The number of hydrogen-bond donors (Lipinski definition) is 1. The molecule has 0 radical (unpaired) electrons. The van der Waals surface area contributed by atoms with Gasteiger partial charge in [0.15, 0.2) is 0 Å². The van der Waals surface area contributed by atoms with E-state index in [1.165, 1.54) is 23.3 Å². The van der Waals surface area contributed by atoms with Crippen LogP contribution in [-0.2, 0) is 19.6 Å². The van der Waals surface area contributed by atoms with Crippen molar-refractivity contribution in [2.45, 2.75) is 49.5 Å². The molecular formula is C17H27N3O5S2. The zero-order valence-corrected chi connectivity index (χ0v) is 17.7. The van der Waals surface area contributed by atoms with Crippen LogP contribution in [0.25, 0.3) is 0 Å². The molecule has 2 rings (SSSR count). The number of rotatable bonds is 5. The van der Waals surface area contributed by atoms with Gasteiger partial charge >= 0.3 is 6.09 Å². The van der Waals surface area contributed by atoms with Crippen molar-refractivity contribution in [2.24, 2.45) is 0 Å². The minimum atomic E-state index is -3.51. The Balaban J connectivity index is 1.81. The molecule has 1 saturated heterocycles. The maximum atomic E-state index is 12.4. The molecule has 8 nitrogen and oxygen atoms in total. The van der Waals surface area contributed by atoms with E-state index in [-0.39, 0.29) is 18.5 Å². The lowest BCUT2D eigenvalue weighted by atomic mass is 10.1. The smallest absolute Gasteiger partial charge is 0.410 e. The van der Waals surface area contributed by atoms with Gasteiger partial charge in [-0.15, -0.1) is 11.3 Å². The Kier molecular flexibility index (Phi) is 6.87. The average Bonchev–Trinajstić information content (AvgIpc) is 3.08. The summed E-state index contributed by atoms with van der Waals surface area (Å²) in [5, 5.41) is 1.72. The van der Waals surface area contributed by atoms with Gasteiger partial charge in [-0.05, 0) is 45.1 Å². The van der Waals surface area contributed by atoms with E-state index in [1.54, 1.807) is 43.2 Å². The van der Waals surface area contributed by atoms with Crippen molar-refractivity contribution in [2.75, 3.05) is 26.7 Å². The molecule has 0 spiro atoms. The van der Waals surface area contributed by atoms with Crippen LogP contribution >= 0.6 is 11.3 Å². The number of carbonyl (C=O) groups excluding carboxylic acids is 2. The first-order chi connectivity index (χ1) is 12.5. The molecule has 1 fully saturated rings. The minimum Gasteiger partial charge on any atom is -0.444 e. The van der Waals surface area contributed by atoms with Crippen LogP contribution in [-0.4, -0.2) is 68.5 Å². The third kappa shape index (κ3) is 6.47. The second kappa shape index (κ2) is 8.57. The number of likely N-dealkylation sites (N-methyl/N-ethyl adjacent to an activating group) is 1. The maximum Gasteiger partial charge on any atom is 0.410 e. The molecule has 2 amide bonds. The Morgan fingerprint density at radius 2 is 1.96 bits per heavy atom. The molecule has 1 N–H and O–H groups in total. The maximum absolute atomic E-state index is 12.4. The van der Waals surface area contributed by atoms with Gasteiger partial charge in [0, 0.05) is 26.2 Å². The van der Waals surface area contributed by atoms with Crippen molar-refractivity contribution in [3.8, 4) is 0 Å². The van der Waals surface area contributed by atoms with Crippen LogP contribution in [0.15, 0.2) is 21.7 Å². The van der Waals surface area contributed by atoms with Crippen LogP contribution in [0, 0.1) is 0 Å². The van der Waals surface area contributed by atoms with Gasteiger partial charge in [-0.25, -0.2) is 17.9 Å². The van der Waals surface area contributed by atoms with Gasteiger partial charge in [0.2, 0.25) is 15.9 Å². The molecular weight excluding hydrogens is 390 g/mol. The molecule has 1 aromatic heterocycles. The molecule has 0 atom stereocenters. The number of piperidine rings is 1. The number of carbonyl (C=O) groups is 2. The van der Waals surface area contributed by atoms with Gasteiger partial charge in [0.05, 0.1) is 0 Å². The minimum absolute atomic E-state index is 0.0689. The van der Waals surface area contributed by atoms with Gasteiger partial charge < -0.3 is 14.5 Å². The fourth-order valence-electron chi connectivity index (χ4n) is 2.65. The molecule has 10 heteroatoms. The third-order valence-corrected chi connectivity index (χ3v) is 6.92. The van der Waals surface area contributed by atoms with Crippen LogP contribution in [0.2, 0.25) is 0 Å². The molecule has 1 aromatic rings. The second-order valence-corrected chi connectivity index (χ2v) is 10.4. The number of nitrogens with zero attached hydrogens (tertiary/aromatic N) is 2. The number of nitrogens with one attached hydrogen (secondary N) is 1. The number of sulfonamides is 1. The monoisotopic (exact) mass is 417 g/mol. The molecule has 0 bridgehead atoms. The number of amides is 2. The zero-order chi connectivity index (χ0) is 20.2. The van der Waals surface area contributed by atoms with Gasteiger partial charge in [-0.2, -0.15) is 0 Å². The number of hydrogen-bond acceptors (Lipinski definition) is 6. The summed E-state index contributed by atoms with van der Waals surface area (Å²) in [4.78, 5) is 27.3. The highest BCUT2D eigenvalue weighted by atomic mass is 32.2. The number of ether oxygens (including phenoxy) is 1. The number of thiophene rings is 1. The molecule has 1 aliphatic rings. The van der Waals surface area contributed by atoms with Crippen molar-refractivity contribution >= 4 is 33.4 Å². The molecule has 0 saturated carbocycles. The standard InChI is InChI=1S/C17H27N3O5S2/c1-17(2,3)25-16(22)19(4)12-14(21)20-9-7-13(8-10-20)18-27(23,24)15-6-5-11-26-15/h5-6,11,13,18H,7-10,12H2,1-4H3. The molecule has 152 valence electrons. The summed E-state index contributed by atoms with van der Waals surface area (Å²) in [5.41, 5.74) is -0.619. The molecule has 0 unspecified atom stereocenters. The van der Waals surface area contributed by atoms with Crippen LogP contribution in [0.3, 0.4) is 0 Å². The van der Waals surface area contributed by atoms with Crippen molar-refractivity contribution in [1.29, 1.82) is 0 Å². The highest BCUT2D eigenvalue weighted by Gasteiger charge is 2.28. The van der Waals surface area contributed by atoms with E-state index < -0.39 is 21.7 Å². The lowest BCUT2D eigenvalue weighted by Crippen LogP contribution is -2.49. The van der Waals surface area contributed by atoms with E-state index in [0.29, 0.717) is 30.1 Å². The Labute approximate surface area is 164 Å². The summed E-state index contributed by atoms with van der Waals surface area (Å²) < 4.78 is 32.8. The predicted octanol–water partition coefficient (Wildman–Crippen LogP) is 1.88. The van der Waals surface area contributed by atoms with Crippen molar-refractivity contribution in [1.82, 2.24) is 14.5 Å². The Morgan fingerprint density at radius 1 is 1.33 bits per heavy atom. The van der Waals surface area contributed by atoms with Crippen molar-refractivity contribution in [3.05, 3.63) is 17.5 Å². The summed E-state index contributed by atoms with van der Waals surface area (Å²) in [7, 11) is -1.98. The summed E-state index contributed by atoms with van der Waals surface area (Å²) in [6.45, 7) is 6.12. The topological polar surface area (TPSA) is 96.0 Å². The summed E-state index contributed by atoms with van der Waals surface area (Å²) in [6, 6.07) is 3.06. The highest BCUT2D eigenvalue weighted by molar-refractivity contribution is 7.91. The first kappa shape index (κ1) is 21.6. The largest absolute Gasteiger partial charge is 0.444 e. The van der Waals surface area contributed by atoms with E-state index in [0.717, 1.165) is 0 Å². The quantitative estimate of drug-likeness (QED) is 0.789. The van der Waals surface area contributed by atoms with Crippen LogP contribution in [0.1, 0.15) is 33.6 Å². The Bertz CT molecular complexity index is 748. The van der Waals surface area contributed by atoms with Crippen molar-refractivity contribution < 1.29 is 22.7 Å². The van der Waals surface area contributed by atoms with Crippen LogP contribution in [0.4, 0.5) is 4.79 Å². The van der Waals surface area contributed by atoms with Gasteiger partial charge in [0.1, 0.15) is 16.4 Å². The van der Waals surface area contributed by atoms with Crippen molar-refractivity contribution in [3.63, 3.8) is 0 Å². The summed E-state index contributed by atoms with van der Waals surface area (Å²) >= 11 is 1.17. The third-order valence-electron chi connectivity index (χ3n) is 4.01. The van der Waals surface area contributed by atoms with Gasteiger partial charge in [-0.1, -0.05) is 6.07 Å². The highest BCUT2D eigenvalue weighted by Crippen LogP contribution is 2.19. The van der Waals surface area contributed by atoms with E-state index in [9.17, 15) is 18.0 Å². The van der Waals surface area contributed by atoms with Crippen LogP contribution in [0.5, 0.6) is 0 Å². The Morgan fingerprint density at radius 3 is 2.48 bits per heavy atom. The fourth-order valence-corrected chi connectivity index (χ4v) is 4.96. The normalized spacial score (nSPS) is 16.2. The average molecular weight is 418 g/mol. The molecule has 1 aliphatic heterocycles. The van der Waals surface area contributed by atoms with E-state index in [4.69, 9.17) is 4.74 Å². The van der Waals surface area contributed by atoms with E-state index in [2.05, 4.69) is 4.72 Å². The molecule has 0 aromatic carbocycles. The van der Waals surface area contributed by atoms with Gasteiger partial charge in [-0.3, -0.25) is 4.79 Å². The molecule has 0 aliphatic carbocycles. The lowest BCUT2D eigenvalue weighted by Gasteiger charge is -2.33. The van der Waals surface area contributed by atoms with E-state index >= 15 is 0 Å². The fraction of sp³-hybridized carbons (Fsp3) is 0.647. The number of likely N-dealkylation sites (tertiary alicyclic amines) is 1. The van der Waals surface area contributed by atoms with Gasteiger partial charge in [0.25, 0.3) is 0 Å². The molecule has 2 heterocycles. The SMILES string of the molecule is CN(CC(=O)N1CCC(NS(=O)(=O)c2cccs2)CC1)C(=O)OC(C)(C)C. The first-order valence-electron chi connectivity index (χ1n) is 8.76. The first-order valence-corrected chi connectivity index (χ1v) is 11.1. The summed E-state index contributed by atoms with van der Waals surface area (Å²) in [6.07, 6.45) is 0.522. The van der Waals surface area contributed by atoms with Crippen LogP contribution < -0.4 is 4.72 Å². The molecule has 27 heavy (non-hydrogen) atoms. The van der Waals surface area contributed by atoms with E-state index in [1.807, 2.05) is 0 Å². The predicted molar refractivity (Wildman–Crippen MR) is 103 cm³/mol. The Hall–Kier alpha value is -1.65. The summed E-state index contributed by atoms with van der Waals surface area (Å²) in [5.74, 6) is -0.178. The second-order valence-electron chi connectivity index (χ2n) is 7.54. The zero-order valence-electron chi connectivity index (χ0n) is 16.1.